The van der Waals surface area contributed by atoms with Gasteiger partial charge in [0.2, 0.25) is 5.91 Å². The molecule has 0 spiro atoms. The van der Waals surface area contributed by atoms with E-state index in [1.54, 1.807) is 30.3 Å². The number of hydrogen-bond acceptors (Lipinski definition) is 2. The number of alkyl halides is 3. The second-order valence-corrected chi connectivity index (χ2v) is 5.58. The first-order chi connectivity index (χ1) is 11.3. The number of nitrogens with zero attached hydrogens (tertiary/aromatic N) is 1. The standard InChI is InChI=1S/C17H15ClF3NO2/c1-22(16(23)10-12-6-2-4-8-14(12)18)11-13-7-3-5-9-15(13)24-17(19,20)21/h2-9H,10-11H2,1H3. The molecular weight excluding hydrogens is 343 g/mol. The van der Waals surface area contributed by atoms with Gasteiger partial charge < -0.3 is 9.64 Å². The number of carbonyl (C=O) groups excluding carboxylic acids is 1. The smallest absolute Gasteiger partial charge is 0.405 e. The van der Waals surface area contributed by atoms with Crippen LogP contribution in [-0.2, 0) is 17.8 Å². The van der Waals surface area contributed by atoms with Crippen LogP contribution in [0, 0.1) is 0 Å². The van der Waals surface area contributed by atoms with Crippen molar-refractivity contribution in [3.63, 3.8) is 0 Å². The van der Waals surface area contributed by atoms with Crippen LogP contribution >= 0.6 is 11.6 Å². The van der Waals surface area contributed by atoms with Gasteiger partial charge in [-0.25, -0.2) is 0 Å². The molecule has 0 saturated carbocycles. The summed E-state index contributed by atoms with van der Waals surface area (Å²) in [7, 11) is 1.52. The van der Waals surface area contributed by atoms with E-state index in [0.29, 0.717) is 10.6 Å². The summed E-state index contributed by atoms with van der Waals surface area (Å²) in [5, 5.41) is 0.472. The van der Waals surface area contributed by atoms with Crippen molar-refractivity contribution in [2.75, 3.05) is 7.05 Å². The first-order valence-corrected chi connectivity index (χ1v) is 7.45. The molecule has 0 bridgehead atoms. The molecular formula is C17H15ClF3NO2. The molecule has 0 N–H and O–H groups in total. The lowest BCUT2D eigenvalue weighted by molar-refractivity contribution is -0.275. The Hall–Kier alpha value is -2.21. The highest BCUT2D eigenvalue weighted by molar-refractivity contribution is 6.31. The van der Waals surface area contributed by atoms with Crippen LogP contribution < -0.4 is 4.74 Å². The molecule has 0 aromatic heterocycles. The largest absolute Gasteiger partial charge is 0.573 e. The van der Waals surface area contributed by atoms with Gasteiger partial charge in [0.05, 0.1) is 6.42 Å². The summed E-state index contributed by atoms with van der Waals surface area (Å²) in [6.45, 7) is -0.00443. The topological polar surface area (TPSA) is 29.5 Å². The minimum atomic E-state index is -4.78. The van der Waals surface area contributed by atoms with Crippen molar-refractivity contribution >= 4 is 17.5 Å². The minimum absolute atomic E-state index is 0.00443. The molecule has 0 aliphatic heterocycles. The number of benzene rings is 2. The van der Waals surface area contributed by atoms with Gasteiger partial charge in [0, 0.05) is 24.2 Å². The van der Waals surface area contributed by atoms with Gasteiger partial charge in [-0.3, -0.25) is 4.79 Å². The number of para-hydroxylation sites is 1. The second kappa shape index (κ2) is 7.57. The maximum Gasteiger partial charge on any atom is 0.573 e. The first kappa shape index (κ1) is 18.1. The van der Waals surface area contributed by atoms with Gasteiger partial charge in [-0.1, -0.05) is 48.0 Å². The van der Waals surface area contributed by atoms with Crippen LogP contribution in [0.1, 0.15) is 11.1 Å². The van der Waals surface area contributed by atoms with Crippen LogP contribution in [-0.4, -0.2) is 24.2 Å². The van der Waals surface area contributed by atoms with E-state index in [4.69, 9.17) is 11.6 Å². The number of halogens is 4. The molecule has 1 amide bonds. The molecule has 0 heterocycles. The van der Waals surface area contributed by atoms with Crippen LogP contribution in [0.3, 0.4) is 0 Å². The molecule has 3 nitrogen and oxygen atoms in total. The number of ether oxygens (including phenoxy) is 1. The maximum absolute atomic E-state index is 12.4. The average molecular weight is 358 g/mol. The van der Waals surface area contributed by atoms with Gasteiger partial charge in [-0.05, 0) is 17.7 Å². The SMILES string of the molecule is CN(Cc1ccccc1OC(F)(F)F)C(=O)Cc1ccccc1Cl. The van der Waals surface area contributed by atoms with Gasteiger partial charge in [-0.2, -0.15) is 0 Å². The molecule has 0 saturated heterocycles. The van der Waals surface area contributed by atoms with E-state index >= 15 is 0 Å². The predicted molar refractivity (Wildman–Crippen MR) is 84.8 cm³/mol. The number of likely N-dealkylation sites (N-methyl/N-ethyl adjacent to an activating group) is 1. The van der Waals surface area contributed by atoms with Crippen molar-refractivity contribution in [3.8, 4) is 5.75 Å². The van der Waals surface area contributed by atoms with Crippen LogP contribution in [0.25, 0.3) is 0 Å². The van der Waals surface area contributed by atoms with Crippen molar-refractivity contribution in [1.82, 2.24) is 4.90 Å². The summed E-state index contributed by atoms with van der Waals surface area (Å²) in [5.41, 5.74) is 0.931. The number of rotatable bonds is 5. The second-order valence-electron chi connectivity index (χ2n) is 5.17. The fraction of sp³-hybridized carbons (Fsp3) is 0.235. The molecule has 2 aromatic rings. The highest BCUT2D eigenvalue weighted by Gasteiger charge is 2.32. The van der Waals surface area contributed by atoms with Crippen molar-refractivity contribution < 1.29 is 22.7 Å². The first-order valence-electron chi connectivity index (χ1n) is 7.07. The molecule has 0 aliphatic rings. The Kier molecular flexibility index (Phi) is 5.72. The molecule has 2 aromatic carbocycles. The zero-order chi connectivity index (χ0) is 17.7. The van der Waals surface area contributed by atoms with E-state index < -0.39 is 6.36 Å². The van der Waals surface area contributed by atoms with Crippen molar-refractivity contribution in [2.45, 2.75) is 19.3 Å². The molecule has 128 valence electrons. The fourth-order valence-corrected chi connectivity index (χ4v) is 2.34. The molecule has 7 heteroatoms. The van der Waals surface area contributed by atoms with Crippen LogP contribution in [0.2, 0.25) is 5.02 Å². The third kappa shape index (κ3) is 5.16. The normalized spacial score (nSPS) is 11.2. The number of amides is 1. The van der Waals surface area contributed by atoms with Gasteiger partial charge in [-0.15, -0.1) is 13.2 Å². The summed E-state index contributed by atoms with van der Waals surface area (Å²) >= 11 is 6.02. The van der Waals surface area contributed by atoms with Gasteiger partial charge in [0.25, 0.3) is 0 Å². The monoisotopic (exact) mass is 357 g/mol. The van der Waals surface area contributed by atoms with Crippen molar-refractivity contribution in [1.29, 1.82) is 0 Å². The van der Waals surface area contributed by atoms with Crippen LogP contribution in [0.4, 0.5) is 13.2 Å². The molecule has 0 atom stereocenters. The summed E-state index contributed by atoms with van der Waals surface area (Å²) in [6, 6.07) is 12.7. The predicted octanol–water partition coefficient (Wildman–Crippen LogP) is 4.44. The van der Waals surface area contributed by atoms with Crippen molar-refractivity contribution in [3.05, 3.63) is 64.7 Å². The Morgan fingerprint density at radius 2 is 1.67 bits per heavy atom. The fourth-order valence-electron chi connectivity index (χ4n) is 2.14. The third-order valence-corrected chi connectivity index (χ3v) is 3.70. The third-order valence-electron chi connectivity index (χ3n) is 3.33. The summed E-state index contributed by atoms with van der Waals surface area (Å²) in [5.74, 6) is -0.577. The van der Waals surface area contributed by atoms with Crippen LogP contribution in [0.5, 0.6) is 5.75 Å². The lowest BCUT2D eigenvalue weighted by Crippen LogP contribution is -2.28. The molecule has 0 radical (unpaired) electrons. The lowest BCUT2D eigenvalue weighted by atomic mass is 10.1. The highest BCUT2D eigenvalue weighted by Crippen LogP contribution is 2.27. The molecule has 2 rings (SSSR count). The number of carbonyl (C=O) groups is 1. The highest BCUT2D eigenvalue weighted by atomic mass is 35.5. The van der Waals surface area contributed by atoms with E-state index in [-0.39, 0.29) is 30.2 Å². The molecule has 24 heavy (non-hydrogen) atoms. The quantitative estimate of drug-likeness (QED) is 0.791. The molecule has 0 unspecified atom stereocenters. The summed E-state index contributed by atoms with van der Waals surface area (Å²) in [6.07, 6.45) is -4.71. The average Bonchev–Trinajstić information content (AvgIpc) is 2.50. The minimum Gasteiger partial charge on any atom is -0.405 e. The van der Waals surface area contributed by atoms with E-state index in [1.165, 1.54) is 30.1 Å². The van der Waals surface area contributed by atoms with Crippen molar-refractivity contribution in [2.24, 2.45) is 0 Å². The summed E-state index contributed by atoms with van der Waals surface area (Å²) in [4.78, 5) is 13.6. The van der Waals surface area contributed by atoms with E-state index in [0.717, 1.165) is 0 Å². The van der Waals surface area contributed by atoms with E-state index in [9.17, 15) is 18.0 Å². The van der Waals surface area contributed by atoms with Gasteiger partial charge in [0.1, 0.15) is 5.75 Å². The lowest BCUT2D eigenvalue weighted by Gasteiger charge is -2.20. The van der Waals surface area contributed by atoms with Gasteiger partial charge in [0.15, 0.2) is 0 Å². The maximum atomic E-state index is 12.4. The Morgan fingerprint density at radius 3 is 2.29 bits per heavy atom. The Bertz CT molecular complexity index is 719. The molecule has 0 aliphatic carbocycles. The zero-order valence-corrected chi connectivity index (χ0v) is 13.6. The number of hydrogen-bond donors (Lipinski definition) is 0. The van der Waals surface area contributed by atoms with Gasteiger partial charge >= 0.3 is 6.36 Å². The Balaban J connectivity index is 2.08. The Morgan fingerprint density at radius 1 is 1.08 bits per heavy atom. The van der Waals surface area contributed by atoms with Crippen LogP contribution in [0.15, 0.2) is 48.5 Å². The van der Waals surface area contributed by atoms with E-state index in [2.05, 4.69) is 4.74 Å². The molecule has 0 fully saturated rings. The summed E-state index contributed by atoms with van der Waals surface area (Å²) < 4.78 is 41.3. The zero-order valence-electron chi connectivity index (χ0n) is 12.8. The van der Waals surface area contributed by atoms with E-state index in [1.807, 2.05) is 0 Å². The Labute approximate surface area is 142 Å².